The first-order chi connectivity index (χ1) is 14.8. The zero-order valence-electron chi connectivity index (χ0n) is 16.7. The van der Waals surface area contributed by atoms with Gasteiger partial charge in [0.25, 0.3) is 17.5 Å². The number of hydrogen-bond donors (Lipinski definition) is 2. The molecule has 0 spiro atoms. The molecule has 1 aliphatic heterocycles. The fraction of sp³-hybridized carbons (Fsp3) is 0.250. The lowest BCUT2D eigenvalue weighted by molar-refractivity contribution is -0.385. The zero-order chi connectivity index (χ0) is 22.5. The molecule has 0 aliphatic carbocycles. The molecule has 1 heterocycles. The van der Waals surface area contributed by atoms with E-state index >= 15 is 0 Å². The number of nitrogens with zero attached hydrogens (tertiary/aromatic N) is 2. The Balaban J connectivity index is 1.67. The van der Waals surface area contributed by atoms with Crippen molar-refractivity contribution < 1.29 is 24.0 Å². The summed E-state index contributed by atoms with van der Waals surface area (Å²) < 4.78 is 5.43. The summed E-state index contributed by atoms with van der Waals surface area (Å²) in [5, 5.41) is 13.9. The van der Waals surface area contributed by atoms with E-state index in [1.54, 1.807) is 49.4 Å². The first-order valence-electron chi connectivity index (χ1n) is 9.28. The van der Waals surface area contributed by atoms with Gasteiger partial charge in [-0.1, -0.05) is 12.1 Å². The molecule has 31 heavy (non-hydrogen) atoms. The minimum Gasteiger partial charge on any atom is -0.484 e. The molecule has 1 saturated heterocycles. The van der Waals surface area contributed by atoms with Crippen LogP contribution in [0.2, 0.25) is 0 Å². The number of benzene rings is 2. The highest BCUT2D eigenvalue weighted by Crippen LogP contribution is 2.44. The third kappa shape index (κ3) is 5.31. The molecule has 0 radical (unpaired) electrons. The maximum atomic E-state index is 12.6. The molecule has 0 aromatic heterocycles. The van der Waals surface area contributed by atoms with E-state index in [1.165, 1.54) is 24.8 Å². The molecule has 0 bridgehead atoms. The van der Waals surface area contributed by atoms with E-state index in [2.05, 4.69) is 10.7 Å². The van der Waals surface area contributed by atoms with Crippen LogP contribution in [0.25, 0.3) is 0 Å². The fourth-order valence-corrected chi connectivity index (χ4v) is 4.21. The van der Waals surface area contributed by atoms with Gasteiger partial charge < -0.3 is 10.1 Å². The average molecular weight is 444 g/mol. The van der Waals surface area contributed by atoms with Gasteiger partial charge in [0.2, 0.25) is 5.91 Å². The second-order valence-electron chi connectivity index (χ2n) is 6.68. The molecule has 1 fully saturated rings. The van der Waals surface area contributed by atoms with Crippen LogP contribution in [0.4, 0.5) is 11.4 Å². The van der Waals surface area contributed by atoms with Crippen LogP contribution in [0.3, 0.4) is 0 Å². The minimum atomic E-state index is -0.731. The standard InChI is InChI=1S/C20H20N4O6S/c1-12-19(27)23(20(31-12)16-5-3-4-6-17(16)24(28)29)22-18(26)11-30-15-9-7-14(8-10-15)21-13(2)25/h3-10,12,20H,11H2,1-2H3,(H,21,25)(H,22,26). The topological polar surface area (TPSA) is 131 Å². The van der Waals surface area contributed by atoms with Gasteiger partial charge in [-0.2, -0.15) is 0 Å². The number of nitro benzene ring substituents is 1. The molecule has 3 rings (SSSR count). The van der Waals surface area contributed by atoms with Crippen molar-refractivity contribution in [2.24, 2.45) is 0 Å². The van der Waals surface area contributed by atoms with Gasteiger partial charge in [-0.15, -0.1) is 11.8 Å². The van der Waals surface area contributed by atoms with Crippen molar-refractivity contribution in [3.8, 4) is 5.75 Å². The highest BCUT2D eigenvalue weighted by molar-refractivity contribution is 8.01. The van der Waals surface area contributed by atoms with Crippen LogP contribution in [0, 0.1) is 10.1 Å². The fourth-order valence-electron chi connectivity index (χ4n) is 2.97. The number of nitro groups is 1. The highest BCUT2D eigenvalue weighted by Gasteiger charge is 2.42. The van der Waals surface area contributed by atoms with Gasteiger partial charge in [0, 0.05) is 18.7 Å². The lowest BCUT2D eigenvalue weighted by Gasteiger charge is -2.24. The monoisotopic (exact) mass is 444 g/mol. The van der Waals surface area contributed by atoms with Crippen molar-refractivity contribution in [3.05, 3.63) is 64.2 Å². The third-order valence-corrected chi connectivity index (χ3v) is 5.67. The number of nitrogens with one attached hydrogen (secondary N) is 2. The van der Waals surface area contributed by atoms with Gasteiger partial charge >= 0.3 is 0 Å². The van der Waals surface area contributed by atoms with E-state index < -0.39 is 21.5 Å². The van der Waals surface area contributed by atoms with Crippen LogP contribution in [-0.2, 0) is 14.4 Å². The lowest BCUT2D eigenvalue weighted by atomic mass is 10.1. The van der Waals surface area contributed by atoms with Crippen LogP contribution in [0.5, 0.6) is 5.75 Å². The number of carbonyl (C=O) groups excluding carboxylic acids is 3. The molecule has 2 aromatic carbocycles. The molecule has 2 atom stereocenters. The summed E-state index contributed by atoms with van der Waals surface area (Å²) in [5.74, 6) is -0.752. The normalized spacial score (nSPS) is 17.9. The zero-order valence-corrected chi connectivity index (χ0v) is 17.5. The Morgan fingerprint density at radius 1 is 1.19 bits per heavy atom. The van der Waals surface area contributed by atoms with Gasteiger partial charge in [0.05, 0.1) is 15.7 Å². The second-order valence-corrected chi connectivity index (χ2v) is 8.11. The molecule has 1 aliphatic rings. The van der Waals surface area contributed by atoms with Crippen molar-refractivity contribution in [2.75, 3.05) is 11.9 Å². The van der Waals surface area contributed by atoms with E-state index in [4.69, 9.17) is 4.74 Å². The van der Waals surface area contributed by atoms with Crippen molar-refractivity contribution in [1.29, 1.82) is 0 Å². The molecule has 162 valence electrons. The van der Waals surface area contributed by atoms with E-state index in [9.17, 15) is 24.5 Å². The van der Waals surface area contributed by atoms with Crippen molar-refractivity contribution in [1.82, 2.24) is 10.4 Å². The number of ether oxygens (including phenoxy) is 1. The summed E-state index contributed by atoms with van der Waals surface area (Å²) in [4.78, 5) is 46.9. The SMILES string of the molecule is CC(=O)Nc1ccc(OCC(=O)NN2C(=O)C(C)SC2c2ccccc2[N+](=O)[O-])cc1. The number of para-hydroxylation sites is 1. The number of rotatable bonds is 7. The number of hydrogen-bond acceptors (Lipinski definition) is 7. The van der Waals surface area contributed by atoms with Gasteiger partial charge in [-0.25, -0.2) is 5.01 Å². The van der Waals surface area contributed by atoms with Crippen LogP contribution in [-0.4, -0.2) is 39.5 Å². The maximum Gasteiger partial charge on any atom is 0.276 e. The molecule has 0 saturated carbocycles. The predicted octanol–water partition coefficient (Wildman–Crippen LogP) is 2.63. The second kappa shape index (κ2) is 9.47. The van der Waals surface area contributed by atoms with E-state index in [0.29, 0.717) is 17.0 Å². The largest absolute Gasteiger partial charge is 0.484 e. The Kier molecular flexibility index (Phi) is 6.75. The average Bonchev–Trinajstić information content (AvgIpc) is 3.01. The van der Waals surface area contributed by atoms with Crippen molar-refractivity contribution >= 4 is 40.9 Å². The predicted molar refractivity (Wildman–Crippen MR) is 114 cm³/mol. The summed E-state index contributed by atoms with van der Waals surface area (Å²) in [6.45, 7) is 2.70. The molecular formula is C20H20N4O6S. The summed E-state index contributed by atoms with van der Waals surface area (Å²) in [6.07, 6.45) is 0. The Morgan fingerprint density at radius 3 is 2.52 bits per heavy atom. The molecule has 2 N–H and O–H groups in total. The van der Waals surface area contributed by atoms with E-state index in [1.807, 2.05) is 0 Å². The number of hydrazine groups is 1. The van der Waals surface area contributed by atoms with Gasteiger partial charge in [0.15, 0.2) is 6.61 Å². The van der Waals surface area contributed by atoms with Crippen LogP contribution in [0.15, 0.2) is 48.5 Å². The number of thioether (sulfide) groups is 1. The van der Waals surface area contributed by atoms with Gasteiger partial charge in [-0.05, 0) is 37.3 Å². The molecule has 2 unspecified atom stereocenters. The molecule has 11 heteroatoms. The van der Waals surface area contributed by atoms with E-state index in [0.717, 1.165) is 5.01 Å². The van der Waals surface area contributed by atoms with Crippen molar-refractivity contribution in [2.45, 2.75) is 24.5 Å². The highest BCUT2D eigenvalue weighted by atomic mass is 32.2. The van der Waals surface area contributed by atoms with Crippen LogP contribution < -0.4 is 15.5 Å². The Bertz CT molecular complexity index is 1010. The number of carbonyl (C=O) groups is 3. The number of amides is 3. The first kappa shape index (κ1) is 22.1. The Morgan fingerprint density at radius 2 is 1.87 bits per heavy atom. The lowest BCUT2D eigenvalue weighted by Crippen LogP contribution is -2.47. The molecule has 10 nitrogen and oxygen atoms in total. The Labute approximate surface area is 182 Å². The molecule has 2 aromatic rings. The van der Waals surface area contributed by atoms with Crippen LogP contribution >= 0.6 is 11.8 Å². The molecule has 3 amide bonds. The van der Waals surface area contributed by atoms with Crippen molar-refractivity contribution in [3.63, 3.8) is 0 Å². The van der Waals surface area contributed by atoms with Crippen LogP contribution in [0.1, 0.15) is 24.8 Å². The number of anilines is 1. The molecular weight excluding hydrogens is 424 g/mol. The quantitative estimate of drug-likeness (QED) is 0.496. The Hall–Kier alpha value is -3.60. The summed E-state index contributed by atoms with van der Waals surface area (Å²) in [5.41, 5.74) is 3.29. The van der Waals surface area contributed by atoms with Gasteiger partial charge in [-0.3, -0.25) is 29.9 Å². The maximum absolute atomic E-state index is 12.6. The summed E-state index contributed by atoms with van der Waals surface area (Å²) >= 11 is 1.21. The van der Waals surface area contributed by atoms with E-state index in [-0.39, 0.29) is 24.1 Å². The summed E-state index contributed by atoms with van der Waals surface area (Å²) in [7, 11) is 0. The third-order valence-electron chi connectivity index (χ3n) is 4.34. The smallest absolute Gasteiger partial charge is 0.276 e. The summed E-state index contributed by atoms with van der Waals surface area (Å²) in [6, 6.07) is 12.5. The minimum absolute atomic E-state index is 0.128. The van der Waals surface area contributed by atoms with Gasteiger partial charge in [0.1, 0.15) is 11.1 Å². The first-order valence-corrected chi connectivity index (χ1v) is 10.2.